The van der Waals surface area contributed by atoms with E-state index in [1.165, 1.54) is 38.6 Å². The van der Waals surface area contributed by atoms with Gasteiger partial charge in [0.15, 0.2) is 0 Å². The lowest BCUT2D eigenvalue weighted by Gasteiger charge is -2.26. The van der Waals surface area contributed by atoms with Gasteiger partial charge in [-0.05, 0) is 65.3 Å². The maximum Gasteiger partial charge on any atom is -0.00604 e. The van der Waals surface area contributed by atoms with Crippen molar-refractivity contribution in [2.24, 2.45) is 5.73 Å². The third kappa shape index (κ3) is 1.74. The predicted molar refractivity (Wildman–Crippen MR) is 86.5 cm³/mol. The van der Waals surface area contributed by atoms with Gasteiger partial charge >= 0.3 is 0 Å². The van der Waals surface area contributed by atoms with Crippen molar-refractivity contribution in [1.29, 1.82) is 0 Å². The predicted octanol–water partition coefficient (Wildman–Crippen LogP) is 4.31. The standard InChI is InChI=1S/C19H19N/c20-10-2-3-13-11-16-8-6-14-4-1-5-15-7-9-17(12-13)19(16)18(14)15/h1,4-6,8-9,11H,2-3,7,10,12,20H2. The van der Waals surface area contributed by atoms with E-state index < -0.39 is 0 Å². The zero-order valence-corrected chi connectivity index (χ0v) is 11.7. The molecule has 4 rings (SSSR count). The van der Waals surface area contributed by atoms with Gasteiger partial charge in [-0.15, -0.1) is 0 Å². The second-order valence-electron chi connectivity index (χ2n) is 5.85. The largest absolute Gasteiger partial charge is 0.330 e. The molecule has 1 nitrogen and oxygen atoms in total. The summed E-state index contributed by atoms with van der Waals surface area (Å²) in [5.74, 6) is 0. The van der Waals surface area contributed by atoms with E-state index in [1.54, 1.807) is 0 Å². The van der Waals surface area contributed by atoms with Gasteiger partial charge in [0.1, 0.15) is 0 Å². The minimum absolute atomic E-state index is 0.783. The van der Waals surface area contributed by atoms with Crippen LogP contribution in [0.5, 0.6) is 0 Å². The van der Waals surface area contributed by atoms with Crippen LogP contribution < -0.4 is 5.73 Å². The molecule has 0 saturated heterocycles. The summed E-state index contributed by atoms with van der Waals surface area (Å²) in [6.07, 6.45) is 9.23. The molecule has 0 aromatic heterocycles. The molecule has 2 N–H and O–H groups in total. The first kappa shape index (κ1) is 11.9. The number of rotatable bonds is 3. The SMILES string of the molecule is NCCCC1=Cc2ccc3cccc4c3c2C(=CC4)C1. The molecule has 0 bridgehead atoms. The Bertz CT molecular complexity index is 750. The van der Waals surface area contributed by atoms with Gasteiger partial charge in [-0.1, -0.05) is 48.1 Å². The summed E-state index contributed by atoms with van der Waals surface area (Å²) in [6, 6.07) is 11.2. The highest BCUT2D eigenvalue weighted by Gasteiger charge is 2.21. The molecule has 0 aliphatic heterocycles. The van der Waals surface area contributed by atoms with Crippen molar-refractivity contribution in [2.45, 2.75) is 25.7 Å². The Hall–Kier alpha value is -1.86. The Morgan fingerprint density at radius 3 is 2.95 bits per heavy atom. The van der Waals surface area contributed by atoms with Crippen LogP contribution in [0.2, 0.25) is 0 Å². The quantitative estimate of drug-likeness (QED) is 0.875. The van der Waals surface area contributed by atoms with Crippen LogP contribution in [-0.4, -0.2) is 6.54 Å². The molecule has 20 heavy (non-hydrogen) atoms. The highest BCUT2D eigenvalue weighted by Crippen LogP contribution is 2.42. The lowest BCUT2D eigenvalue weighted by molar-refractivity contribution is 0.813. The molecule has 2 aromatic carbocycles. The molecule has 0 unspecified atom stereocenters. The van der Waals surface area contributed by atoms with Crippen molar-refractivity contribution >= 4 is 22.4 Å². The second-order valence-corrected chi connectivity index (χ2v) is 5.85. The van der Waals surface area contributed by atoms with Gasteiger partial charge in [0.25, 0.3) is 0 Å². The molecular weight excluding hydrogens is 242 g/mol. The minimum Gasteiger partial charge on any atom is -0.330 e. The summed E-state index contributed by atoms with van der Waals surface area (Å²) in [5, 5.41) is 2.86. The zero-order chi connectivity index (χ0) is 13.5. The van der Waals surface area contributed by atoms with E-state index in [0.29, 0.717) is 0 Å². The third-order valence-electron chi connectivity index (χ3n) is 4.53. The summed E-state index contributed by atoms with van der Waals surface area (Å²) in [5.41, 5.74) is 13.1. The van der Waals surface area contributed by atoms with E-state index in [0.717, 1.165) is 32.2 Å². The van der Waals surface area contributed by atoms with E-state index in [2.05, 4.69) is 42.5 Å². The molecule has 0 heterocycles. The highest BCUT2D eigenvalue weighted by atomic mass is 14.5. The summed E-state index contributed by atoms with van der Waals surface area (Å²) in [4.78, 5) is 0. The Balaban J connectivity index is 1.92. The van der Waals surface area contributed by atoms with Crippen molar-refractivity contribution < 1.29 is 0 Å². The molecule has 0 spiro atoms. The van der Waals surface area contributed by atoms with E-state index >= 15 is 0 Å². The molecule has 100 valence electrons. The van der Waals surface area contributed by atoms with Gasteiger partial charge < -0.3 is 5.73 Å². The average molecular weight is 261 g/mol. The second kappa shape index (κ2) is 4.60. The highest BCUT2D eigenvalue weighted by molar-refractivity contribution is 6.02. The fourth-order valence-corrected chi connectivity index (χ4v) is 3.61. The van der Waals surface area contributed by atoms with Crippen molar-refractivity contribution in [3.05, 3.63) is 58.7 Å². The summed E-state index contributed by atoms with van der Waals surface area (Å²) in [7, 11) is 0. The first-order valence-electron chi connectivity index (χ1n) is 7.50. The Morgan fingerprint density at radius 1 is 1.10 bits per heavy atom. The Kier molecular flexibility index (Phi) is 2.75. The van der Waals surface area contributed by atoms with Crippen LogP contribution in [0.3, 0.4) is 0 Å². The fraction of sp³-hybridized carbons (Fsp3) is 0.263. The van der Waals surface area contributed by atoms with Gasteiger partial charge in [0, 0.05) is 0 Å². The maximum absolute atomic E-state index is 5.65. The van der Waals surface area contributed by atoms with Crippen molar-refractivity contribution in [3.8, 4) is 0 Å². The molecule has 0 fully saturated rings. The Morgan fingerprint density at radius 2 is 2.05 bits per heavy atom. The average Bonchev–Trinajstić information content (AvgIpc) is 2.50. The van der Waals surface area contributed by atoms with E-state index in [1.807, 2.05) is 0 Å². The van der Waals surface area contributed by atoms with Gasteiger partial charge in [0.05, 0.1) is 0 Å². The van der Waals surface area contributed by atoms with E-state index in [4.69, 9.17) is 5.73 Å². The van der Waals surface area contributed by atoms with Gasteiger partial charge in [-0.3, -0.25) is 0 Å². The van der Waals surface area contributed by atoms with Crippen LogP contribution in [0.15, 0.2) is 42.0 Å². The molecule has 2 aliphatic rings. The molecule has 0 radical (unpaired) electrons. The van der Waals surface area contributed by atoms with Crippen LogP contribution in [0, 0.1) is 0 Å². The number of hydrogen-bond acceptors (Lipinski definition) is 1. The topological polar surface area (TPSA) is 26.0 Å². The number of nitrogens with two attached hydrogens (primary N) is 1. The first-order valence-corrected chi connectivity index (χ1v) is 7.50. The van der Waals surface area contributed by atoms with E-state index in [-0.39, 0.29) is 0 Å². The monoisotopic (exact) mass is 261 g/mol. The molecule has 1 heteroatoms. The van der Waals surface area contributed by atoms with Crippen molar-refractivity contribution in [2.75, 3.05) is 6.54 Å². The molecule has 0 saturated carbocycles. The van der Waals surface area contributed by atoms with Crippen LogP contribution in [-0.2, 0) is 6.42 Å². The van der Waals surface area contributed by atoms with Crippen LogP contribution >= 0.6 is 0 Å². The lowest BCUT2D eigenvalue weighted by Crippen LogP contribution is -2.07. The van der Waals surface area contributed by atoms with Gasteiger partial charge in [0.2, 0.25) is 0 Å². The number of hydrogen-bond donors (Lipinski definition) is 1. The van der Waals surface area contributed by atoms with Gasteiger partial charge in [-0.25, -0.2) is 0 Å². The molecule has 2 aromatic rings. The molecule has 2 aliphatic carbocycles. The molecular formula is C19H19N. The fourth-order valence-electron chi connectivity index (χ4n) is 3.61. The first-order chi connectivity index (χ1) is 9.86. The summed E-state index contributed by atoms with van der Waals surface area (Å²) in [6.45, 7) is 0.783. The summed E-state index contributed by atoms with van der Waals surface area (Å²) >= 11 is 0. The van der Waals surface area contributed by atoms with Crippen molar-refractivity contribution in [3.63, 3.8) is 0 Å². The number of allylic oxidation sites excluding steroid dienone is 3. The smallest absolute Gasteiger partial charge is 0.00604 e. The minimum atomic E-state index is 0.783. The van der Waals surface area contributed by atoms with Crippen LogP contribution in [0.25, 0.3) is 22.4 Å². The van der Waals surface area contributed by atoms with Crippen molar-refractivity contribution in [1.82, 2.24) is 0 Å². The normalized spacial score (nSPS) is 16.1. The zero-order valence-electron chi connectivity index (χ0n) is 11.7. The van der Waals surface area contributed by atoms with E-state index in [9.17, 15) is 0 Å². The van der Waals surface area contributed by atoms with Crippen LogP contribution in [0.1, 0.15) is 36.0 Å². The maximum atomic E-state index is 5.65. The third-order valence-corrected chi connectivity index (χ3v) is 4.53. The van der Waals surface area contributed by atoms with Gasteiger partial charge in [-0.2, -0.15) is 0 Å². The number of benzene rings is 2. The lowest BCUT2D eigenvalue weighted by atomic mass is 9.78. The summed E-state index contributed by atoms with van der Waals surface area (Å²) < 4.78 is 0. The molecule has 0 amide bonds. The Labute approximate surface area is 119 Å². The van der Waals surface area contributed by atoms with Crippen LogP contribution in [0.4, 0.5) is 0 Å². The molecule has 0 atom stereocenters.